The van der Waals surface area contributed by atoms with Gasteiger partial charge in [-0.3, -0.25) is 9.59 Å². The van der Waals surface area contributed by atoms with Crippen LogP contribution in [0.25, 0.3) is 0 Å². The summed E-state index contributed by atoms with van der Waals surface area (Å²) >= 11 is 0. The predicted molar refractivity (Wildman–Crippen MR) is 105 cm³/mol. The summed E-state index contributed by atoms with van der Waals surface area (Å²) in [5.41, 5.74) is 2.79. The highest BCUT2D eigenvalue weighted by atomic mass is 16.5. The number of rotatable bonds is 6. The van der Waals surface area contributed by atoms with Crippen LogP contribution in [-0.2, 0) is 11.2 Å². The van der Waals surface area contributed by atoms with Crippen molar-refractivity contribution in [1.29, 1.82) is 0 Å². The summed E-state index contributed by atoms with van der Waals surface area (Å²) in [6, 6.07) is 10.6. The Morgan fingerprint density at radius 3 is 2.70 bits per heavy atom. The van der Waals surface area contributed by atoms with Gasteiger partial charge in [-0.2, -0.15) is 0 Å². The molecule has 2 N–H and O–H groups in total. The Labute approximate surface area is 158 Å². The van der Waals surface area contributed by atoms with Crippen molar-refractivity contribution < 1.29 is 19.1 Å². The van der Waals surface area contributed by atoms with Gasteiger partial charge >= 0.3 is 0 Å². The van der Waals surface area contributed by atoms with Gasteiger partial charge in [0.25, 0.3) is 5.91 Å². The Hall–Kier alpha value is -3.02. The maximum Gasteiger partial charge on any atom is 0.255 e. The van der Waals surface area contributed by atoms with Crippen molar-refractivity contribution in [2.45, 2.75) is 26.7 Å². The molecule has 2 aromatic rings. The van der Waals surface area contributed by atoms with Crippen molar-refractivity contribution in [2.24, 2.45) is 5.92 Å². The van der Waals surface area contributed by atoms with Crippen LogP contribution in [-0.4, -0.2) is 25.5 Å². The molecule has 0 atom stereocenters. The molecule has 0 spiro atoms. The standard InChI is InChI=1S/C21H24N2O4/c1-13(2)10-20(24)23-17-6-5-16(12-19(17)26-3)22-21(25)15-4-7-18-14(11-15)8-9-27-18/h4-7,11-13H,8-10H2,1-3H3,(H,22,25)(H,23,24). The summed E-state index contributed by atoms with van der Waals surface area (Å²) in [5.74, 6) is 1.33. The summed E-state index contributed by atoms with van der Waals surface area (Å²) < 4.78 is 10.8. The van der Waals surface area contributed by atoms with Gasteiger partial charge in [-0.05, 0) is 41.8 Å². The van der Waals surface area contributed by atoms with E-state index < -0.39 is 0 Å². The second kappa shape index (κ2) is 8.12. The van der Waals surface area contributed by atoms with E-state index in [1.807, 2.05) is 26.0 Å². The molecule has 3 rings (SSSR count). The minimum Gasteiger partial charge on any atom is -0.494 e. The Morgan fingerprint density at radius 2 is 1.96 bits per heavy atom. The lowest BCUT2D eigenvalue weighted by Gasteiger charge is -2.13. The van der Waals surface area contributed by atoms with E-state index in [0.717, 1.165) is 17.7 Å². The van der Waals surface area contributed by atoms with Gasteiger partial charge in [-0.1, -0.05) is 13.8 Å². The van der Waals surface area contributed by atoms with Gasteiger partial charge in [0.15, 0.2) is 0 Å². The van der Waals surface area contributed by atoms with E-state index in [0.29, 0.717) is 35.7 Å². The quantitative estimate of drug-likeness (QED) is 0.812. The van der Waals surface area contributed by atoms with Crippen molar-refractivity contribution in [3.63, 3.8) is 0 Å². The molecular formula is C21H24N2O4. The second-order valence-corrected chi connectivity index (χ2v) is 6.94. The third-order valence-corrected chi connectivity index (χ3v) is 4.28. The third-order valence-electron chi connectivity index (χ3n) is 4.28. The van der Waals surface area contributed by atoms with Gasteiger partial charge in [0.1, 0.15) is 11.5 Å². The van der Waals surface area contributed by atoms with Gasteiger partial charge in [0, 0.05) is 30.2 Å². The number of ether oxygens (including phenoxy) is 2. The summed E-state index contributed by atoms with van der Waals surface area (Å²) in [6.45, 7) is 4.63. The molecule has 27 heavy (non-hydrogen) atoms. The molecule has 0 unspecified atom stereocenters. The lowest BCUT2D eigenvalue weighted by atomic mass is 10.1. The molecule has 2 aromatic carbocycles. The zero-order valence-corrected chi connectivity index (χ0v) is 15.8. The van der Waals surface area contributed by atoms with Gasteiger partial charge < -0.3 is 20.1 Å². The number of methoxy groups -OCH3 is 1. The lowest BCUT2D eigenvalue weighted by molar-refractivity contribution is -0.116. The molecule has 0 fully saturated rings. The molecule has 1 heterocycles. The van der Waals surface area contributed by atoms with Crippen molar-refractivity contribution in [2.75, 3.05) is 24.4 Å². The number of fused-ring (bicyclic) bond motifs is 1. The topological polar surface area (TPSA) is 76.7 Å². The molecule has 0 aliphatic carbocycles. The average Bonchev–Trinajstić information content (AvgIpc) is 3.09. The molecule has 0 saturated heterocycles. The van der Waals surface area contributed by atoms with Crippen LogP contribution in [0.3, 0.4) is 0 Å². The number of carbonyl (C=O) groups excluding carboxylic acids is 2. The fourth-order valence-electron chi connectivity index (χ4n) is 2.98. The first-order valence-electron chi connectivity index (χ1n) is 9.01. The average molecular weight is 368 g/mol. The number of hydrogen-bond donors (Lipinski definition) is 2. The molecule has 0 aromatic heterocycles. The number of hydrogen-bond acceptors (Lipinski definition) is 4. The number of amides is 2. The Balaban J connectivity index is 1.71. The molecule has 2 amide bonds. The first-order chi connectivity index (χ1) is 13.0. The van der Waals surface area contributed by atoms with Crippen LogP contribution in [0, 0.1) is 5.92 Å². The highest BCUT2D eigenvalue weighted by Crippen LogP contribution is 2.29. The number of benzene rings is 2. The molecule has 6 nitrogen and oxygen atoms in total. The molecular weight excluding hydrogens is 344 g/mol. The molecule has 0 bridgehead atoms. The maximum atomic E-state index is 12.5. The monoisotopic (exact) mass is 368 g/mol. The lowest BCUT2D eigenvalue weighted by Crippen LogP contribution is -2.15. The van der Waals surface area contributed by atoms with Crippen LogP contribution < -0.4 is 20.1 Å². The molecule has 1 aliphatic rings. The summed E-state index contributed by atoms with van der Waals surface area (Å²) in [4.78, 5) is 24.5. The minimum absolute atomic E-state index is 0.0690. The predicted octanol–water partition coefficient (Wildman–Crippen LogP) is 3.87. The number of nitrogens with one attached hydrogen (secondary N) is 2. The largest absolute Gasteiger partial charge is 0.494 e. The van der Waals surface area contributed by atoms with Crippen molar-refractivity contribution in [1.82, 2.24) is 0 Å². The van der Waals surface area contributed by atoms with E-state index >= 15 is 0 Å². The third kappa shape index (κ3) is 4.58. The van der Waals surface area contributed by atoms with Crippen LogP contribution in [0.5, 0.6) is 11.5 Å². The minimum atomic E-state index is -0.205. The number of anilines is 2. The highest BCUT2D eigenvalue weighted by Gasteiger charge is 2.16. The van der Waals surface area contributed by atoms with E-state index in [1.54, 1.807) is 24.3 Å². The first-order valence-corrected chi connectivity index (χ1v) is 9.01. The van der Waals surface area contributed by atoms with Gasteiger partial charge in [-0.25, -0.2) is 0 Å². The molecule has 0 saturated carbocycles. The molecule has 142 valence electrons. The zero-order valence-electron chi connectivity index (χ0n) is 15.8. The fraction of sp³-hybridized carbons (Fsp3) is 0.333. The Bertz CT molecular complexity index is 861. The van der Waals surface area contributed by atoms with Crippen LogP contribution in [0.15, 0.2) is 36.4 Å². The maximum absolute atomic E-state index is 12.5. The molecule has 6 heteroatoms. The van der Waals surface area contributed by atoms with Crippen LogP contribution in [0.4, 0.5) is 11.4 Å². The van der Waals surface area contributed by atoms with Crippen molar-refractivity contribution >= 4 is 23.2 Å². The van der Waals surface area contributed by atoms with E-state index in [4.69, 9.17) is 9.47 Å². The van der Waals surface area contributed by atoms with Crippen molar-refractivity contribution in [3.05, 3.63) is 47.5 Å². The normalized spacial score (nSPS) is 12.3. The van der Waals surface area contributed by atoms with E-state index in [-0.39, 0.29) is 17.7 Å². The highest BCUT2D eigenvalue weighted by molar-refractivity contribution is 6.05. The first kappa shape index (κ1) is 18.8. The molecule has 1 aliphatic heterocycles. The van der Waals surface area contributed by atoms with E-state index in [1.165, 1.54) is 7.11 Å². The Kier molecular flexibility index (Phi) is 5.64. The van der Waals surface area contributed by atoms with E-state index in [9.17, 15) is 9.59 Å². The fourth-order valence-corrected chi connectivity index (χ4v) is 2.98. The van der Waals surface area contributed by atoms with Gasteiger partial charge in [-0.15, -0.1) is 0 Å². The summed E-state index contributed by atoms with van der Waals surface area (Å²) in [6.07, 6.45) is 1.25. The molecule has 0 radical (unpaired) electrons. The smallest absolute Gasteiger partial charge is 0.255 e. The summed E-state index contributed by atoms with van der Waals surface area (Å²) in [5, 5.41) is 5.71. The van der Waals surface area contributed by atoms with Gasteiger partial charge in [0.2, 0.25) is 5.91 Å². The second-order valence-electron chi connectivity index (χ2n) is 6.94. The van der Waals surface area contributed by atoms with Crippen molar-refractivity contribution in [3.8, 4) is 11.5 Å². The van der Waals surface area contributed by atoms with Gasteiger partial charge in [0.05, 0.1) is 19.4 Å². The van der Waals surface area contributed by atoms with Crippen LogP contribution >= 0.6 is 0 Å². The summed E-state index contributed by atoms with van der Waals surface area (Å²) in [7, 11) is 1.53. The van der Waals surface area contributed by atoms with E-state index in [2.05, 4.69) is 10.6 Å². The SMILES string of the molecule is COc1cc(NC(=O)c2ccc3c(c2)CCO3)ccc1NC(=O)CC(C)C. The van der Waals surface area contributed by atoms with Crippen LogP contribution in [0.2, 0.25) is 0 Å². The Morgan fingerprint density at radius 1 is 1.15 bits per heavy atom. The number of carbonyl (C=O) groups is 2. The zero-order chi connectivity index (χ0) is 19.4. The van der Waals surface area contributed by atoms with Crippen LogP contribution in [0.1, 0.15) is 36.2 Å².